The van der Waals surface area contributed by atoms with Gasteiger partial charge in [-0.1, -0.05) is 17.4 Å². The molecule has 0 atom stereocenters. The summed E-state index contributed by atoms with van der Waals surface area (Å²) in [5.41, 5.74) is 3.53. The van der Waals surface area contributed by atoms with Gasteiger partial charge in [-0.15, -0.1) is 0 Å². The lowest BCUT2D eigenvalue weighted by Gasteiger charge is -2.14. The number of carbonyl (C=O) groups excluding carboxylic acids is 4. The van der Waals surface area contributed by atoms with Crippen LogP contribution < -0.4 is 9.70 Å². The summed E-state index contributed by atoms with van der Waals surface area (Å²) in [6.45, 7) is 3.89. The van der Waals surface area contributed by atoms with E-state index < -0.39 is 11.9 Å². The Balaban J connectivity index is 1.79. The molecule has 0 bridgehead atoms. The van der Waals surface area contributed by atoms with Crippen molar-refractivity contribution in [1.82, 2.24) is 4.57 Å². The smallest absolute Gasteiger partial charge is 0.325 e. The molecule has 9 heteroatoms. The highest BCUT2D eigenvalue weighted by molar-refractivity contribution is 7.16. The van der Waals surface area contributed by atoms with E-state index in [0.717, 1.165) is 26.2 Å². The van der Waals surface area contributed by atoms with E-state index in [1.165, 1.54) is 24.5 Å². The molecule has 0 N–H and O–H groups in total. The number of carbonyl (C=O) groups is 4. The second-order valence-corrected chi connectivity index (χ2v) is 8.55. The van der Waals surface area contributed by atoms with Crippen LogP contribution in [0, 0.1) is 13.8 Å². The molecule has 4 rings (SSSR count). The van der Waals surface area contributed by atoms with E-state index in [1.54, 1.807) is 22.8 Å². The Morgan fingerprint density at radius 1 is 1.06 bits per heavy atom. The van der Waals surface area contributed by atoms with Crippen LogP contribution in [0.15, 0.2) is 41.4 Å². The van der Waals surface area contributed by atoms with Crippen LogP contribution >= 0.6 is 11.3 Å². The van der Waals surface area contributed by atoms with Crippen molar-refractivity contribution in [2.24, 2.45) is 4.99 Å². The molecule has 3 amide bonds. The monoisotopic (exact) mass is 451 g/mol. The number of aryl methyl sites for hydroxylation is 2. The Hall–Kier alpha value is -3.59. The van der Waals surface area contributed by atoms with Crippen molar-refractivity contribution < 1.29 is 23.9 Å². The number of methoxy groups -OCH3 is 1. The molecule has 0 unspecified atom stereocenters. The lowest BCUT2D eigenvalue weighted by molar-refractivity contribution is -0.141. The molecule has 0 saturated carbocycles. The number of imide groups is 1. The molecule has 1 aromatic heterocycles. The number of esters is 1. The van der Waals surface area contributed by atoms with Gasteiger partial charge in [-0.25, -0.2) is 0 Å². The van der Waals surface area contributed by atoms with Gasteiger partial charge in [-0.3, -0.25) is 24.1 Å². The van der Waals surface area contributed by atoms with Crippen molar-refractivity contribution in [2.45, 2.75) is 33.2 Å². The highest BCUT2D eigenvalue weighted by atomic mass is 32.1. The minimum atomic E-state index is -0.537. The number of thiazole rings is 1. The van der Waals surface area contributed by atoms with Gasteiger partial charge in [-0.2, -0.15) is 4.99 Å². The van der Waals surface area contributed by atoms with Crippen molar-refractivity contribution >= 4 is 50.9 Å². The van der Waals surface area contributed by atoms with E-state index in [-0.39, 0.29) is 36.8 Å². The zero-order valence-electron chi connectivity index (χ0n) is 17.9. The third kappa shape index (κ3) is 3.99. The fraction of sp³-hybridized carbons (Fsp3) is 0.261. The number of benzene rings is 2. The predicted molar refractivity (Wildman–Crippen MR) is 119 cm³/mol. The third-order valence-electron chi connectivity index (χ3n) is 5.41. The van der Waals surface area contributed by atoms with Crippen LogP contribution in [0.1, 0.15) is 34.3 Å². The molecular weight excluding hydrogens is 430 g/mol. The number of hydrogen-bond donors (Lipinski definition) is 0. The van der Waals surface area contributed by atoms with E-state index in [4.69, 9.17) is 4.74 Å². The maximum atomic E-state index is 13.0. The van der Waals surface area contributed by atoms with Gasteiger partial charge in [0.25, 0.3) is 5.91 Å². The molecule has 1 fully saturated rings. The summed E-state index contributed by atoms with van der Waals surface area (Å²) in [5, 5.41) is 0. The van der Waals surface area contributed by atoms with Crippen LogP contribution in [0.5, 0.6) is 0 Å². The Morgan fingerprint density at radius 2 is 1.75 bits per heavy atom. The molecule has 3 aromatic rings. The first-order valence-corrected chi connectivity index (χ1v) is 10.8. The summed E-state index contributed by atoms with van der Waals surface area (Å²) < 4.78 is 7.37. The molecule has 1 aliphatic rings. The topological polar surface area (TPSA) is 98.0 Å². The van der Waals surface area contributed by atoms with Gasteiger partial charge in [0.15, 0.2) is 4.80 Å². The molecule has 1 saturated heterocycles. The number of amides is 3. The Kier molecular flexibility index (Phi) is 5.75. The first kappa shape index (κ1) is 21.6. The normalized spacial score (nSPS) is 14.5. The van der Waals surface area contributed by atoms with Gasteiger partial charge in [-0.05, 0) is 55.3 Å². The van der Waals surface area contributed by atoms with Gasteiger partial charge in [0.05, 0.1) is 23.0 Å². The van der Waals surface area contributed by atoms with Crippen LogP contribution in [0.2, 0.25) is 0 Å². The highest BCUT2D eigenvalue weighted by Crippen LogP contribution is 2.24. The molecule has 8 nitrogen and oxygen atoms in total. The summed E-state index contributed by atoms with van der Waals surface area (Å²) in [5.74, 6) is -1.57. The number of nitrogens with zero attached hydrogens (tertiary/aromatic N) is 3. The second kappa shape index (κ2) is 8.51. The standard InChI is InChI=1S/C23H21N3O5S/c1-13-9-17-18(10-14(13)2)32-23(25(17)12-21(29)31-3)24-22(30)15-5-4-6-16(11-15)26-19(27)7-8-20(26)28/h4-6,9-11H,7-8,12H2,1-3H3. The van der Waals surface area contributed by atoms with E-state index in [9.17, 15) is 19.2 Å². The lowest BCUT2D eigenvalue weighted by Crippen LogP contribution is -2.28. The van der Waals surface area contributed by atoms with E-state index in [2.05, 4.69) is 4.99 Å². The minimum Gasteiger partial charge on any atom is -0.468 e. The molecule has 0 aliphatic carbocycles. The van der Waals surface area contributed by atoms with Crippen molar-refractivity contribution in [3.63, 3.8) is 0 Å². The Morgan fingerprint density at radius 3 is 2.44 bits per heavy atom. The SMILES string of the molecule is COC(=O)Cn1c(=NC(=O)c2cccc(N3C(=O)CCC3=O)c2)sc2cc(C)c(C)cc21. The largest absolute Gasteiger partial charge is 0.468 e. The highest BCUT2D eigenvalue weighted by Gasteiger charge is 2.30. The average molecular weight is 452 g/mol. The molecule has 2 aromatic carbocycles. The Labute approximate surface area is 187 Å². The van der Waals surface area contributed by atoms with Crippen molar-refractivity contribution in [2.75, 3.05) is 12.0 Å². The van der Waals surface area contributed by atoms with Crippen LogP contribution in [0.4, 0.5) is 5.69 Å². The summed E-state index contributed by atoms with van der Waals surface area (Å²) >= 11 is 1.30. The van der Waals surface area contributed by atoms with Crippen molar-refractivity contribution in [3.05, 3.63) is 57.9 Å². The van der Waals surface area contributed by atoms with E-state index in [1.807, 2.05) is 26.0 Å². The number of fused-ring (bicyclic) bond motifs is 1. The van der Waals surface area contributed by atoms with Gasteiger partial charge >= 0.3 is 5.97 Å². The van der Waals surface area contributed by atoms with Crippen molar-refractivity contribution in [3.8, 4) is 0 Å². The molecule has 1 aliphatic heterocycles. The first-order chi connectivity index (χ1) is 15.3. The molecule has 164 valence electrons. The number of ether oxygens (including phenoxy) is 1. The van der Waals surface area contributed by atoms with Crippen LogP contribution in [0.25, 0.3) is 10.2 Å². The van der Waals surface area contributed by atoms with Crippen LogP contribution in [-0.4, -0.2) is 35.4 Å². The third-order valence-corrected chi connectivity index (χ3v) is 6.45. The molecule has 0 radical (unpaired) electrons. The van der Waals surface area contributed by atoms with E-state index in [0.29, 0.717) is 10.5 Å². The summed E-state index contributed by atoms with van der Waals surface area (Å²) in [6, 6.07) is 10.2. The van der Waals surface area contributed by atoms with E-state index >= 15 is 0 Å². The van der Waals surface area contributed by atoms with Gasteiger partial charge in [0.2, 0.25) is 11.8 Å². The molecule has 32 heavy (non-hydrogen) atoms. The van der Waals surface area contributed by atoms with Crippen LogP contribution in [0.3, 0.4) is 0 Å². The zero-order chi connectivity index (χ0) is 23.0. The van der Waals surface area contributed by atoms with Crippen molar-refractivity contribution in [1.29, 1.82) is 0 Å². The maximum Gasteiger partial charge on any atom is 0.325 e. The van der Waals surface area contributed by atoms with Gasteiger partial charge in [0.1, 0.15) is 6.54 Å². The minimum absolute atomic E-state index is 0.0814. The Bertz CT molecular complexity index is 1340. The molecule has 0 spiro atoms. The van der Waals surface area contributed by atoms with Crippen LogP contribution in [-0.2, 0) is 25.7 Å². The fourth-order valence-electron chi connectivity index (χ4n) is 3.55. The van der Waals surface area contributed by atoms with Gasteiger partial charge < -0.3 is 9.30 Å². The number of hydrogen-bond acceptors (Lipinski definition) is 6. The summed E-state index contributed by atoms with van der Waals surface area (Å²) in [6.07, 6.45) is 0.324. The maximum absolute atomic E-state index is 13.0. The first-order valence-electron chi connectivity index (χ1n) is 10.0. The number of rotatable bonds is 4. The zero-order valence-corrected chi connectivity index (χ0v) is 18.7. The number of aromatic nitrogens is 1. The summed E-state index contributed by atoms with van der Waals surface area (Å²) in [4.78, 5) is 54.8. The number of anilines is 1. The fourth-order valence-corrected chi connectivity index (χ4v) is 4.65. The predicted octanol–water partition coefficient (Wildman–Crippen LogP) is 2.89. The van der Waals surface area contributed by atoms with Gasteiger partial charge in [0, 0.05) is 18.4 Å². The lowest BCUT2D eigenvalue weighted by atomic mass is 10.1. The molecule has 2 heterocycles. The average Bonchev–Trinajstić information content (AvgIpc) is 3.27. The quantitative estimate of drug-likeness (QED) is 0.449. The second-order valence-electron chi connectivity index (χ2n) is 7.54. The molecular formula is C23H21N3O5S. The summed E-state index contributed by atoms with van der Waals surface area (Å²) in [7, 11) is 1.31.